The van der Waals surface area contributed by atoms with Crippen LogP contribution in [0.1, 0.15) is 12.8 Å². The van der Waals surface area contributed by atoms with Crippen molar-refractivity contribution in [1.82, 2.24) is 4.90 Å². The Bertz CT molecular complexity index is 118. The van der Waals surface area contributed by atoms with Crippen molar-refractivity contribution in [2.24, 2.45) is 0 Å². The van der Waals surface area contributed by atoms with Crippen LogP contribution in [0, 0.1) is 11.3 Å². The lowest BCUT2D eigenvalue weighted by Gasteiger charge is -2.07. The Hall–Kier alpha value is -0.200. The van der Waals surface area contributed by atoms with E-state index in [-0.39, 0.29) is 0 Å². The summed E-state index contributed by atoms with van der Waals surface area (Å²) in [5.41, 5.74) is 0. The maximum Gasteiger partial charge on any atom is 0.0630 e. The van der Waals surface area contributed by atoms with E-state index in [1.165, 1.54) is 12.2 Å². The van der Waals surface area contributed by atoms with Crippen LogP contribution in [-0.2, 0) is 0 Å². The molecule has 0 heterocycles. The van der Waals surface area contributed by atoms with Crippen molar-refractivity contribution in [2.75, 3.05) is 32.1 Å². The van der Waals surface area contributed by atoms with Crippen LogP contribution < -0.4 is 0 Å². The maximum absolute atomic E-state index is 8.24. The molecule has 0 aromatic heterocycles. The van der Waals surface area contributed by atoms with E-state index in [1.807, 2.05) is 11.8 Å². The van der Waals surface area contributed by atoms with Crippen molar-refractivity contribution in [3.05, 3.63) is 0 Å². The first kappa shape index (κ1) is 10.8. The van der Waals surface area contributed by atoms with Crippen molar-refractivity contribution in [3.63, 3.8) is 0 Å². The van der Waals surface area contributed by atoms with Gasteiger partial charge in [0.15, 0.2) is 0 Å². The fraction of sp³-hybridized carbons (Fsp3) is 0.875. The average molecular weight is 172 g/mol. The minimum Gasteiger partial charge on any atom is -0.309 e. The number of hydrogen-bond donors (Lipinski definition) is 0. The van der Waals surface area contributed by atoms with Crippen molar-refractivity contribution in [3.8, 4) is 6.07 Å². The van der Waals surface area contributed by atoms with Gasteiger partial charge >= 0.3 is 0 Å². The molecule has 0 spiro atoms. The highest BCUT2D eigenvalue weighted by atomic mass is 32.2. The van der Waals surface area contributed by atoms with Crippen molar-refractivity contribution < 1.29 is 0 Å². The van der Waals surface area contributed by atoms with Gasteiger partial charge in [0.25, 0.3) is 0 Å². The summed E-state index contributed by atoms with van der Waals surface area (Å²) >= 11 is 1.87. The summed E-state index contributed by atoms with van der Waals surface area (Å²) in [6, 6.07) is 2.14. The molecule has 64 valence electrons. The summed E-state index contributed by atoms with van der Waals surface area (Å²) in [4.78, 5) is 2.19. The van der Waals surface area contributed by atoms with Crippen LogP contribution in [0.2, 0.25) is 0 Å². The molecule has 0 rings (SSSR count). The van der Waals surface area contributed by atoms with Crippen LogP contribution in [0.15, 0.2) is 0 Å². The smallest absolute Gasteiger partial charge is 0.0630 e. The lowest BCUT2D eigenvalue weighted by Crippen LogP contribution is -2.13. The molecule has 0 atom stereocenters. The first-order valence-electron chi connectivity index (χ1n) is 3.87. The minimum atomic E-state index is 0.687. The summed E-state index contributed by atoms with van der Waals surface area (Å²) in [5.74, 6) is 2.17. The Balaban J connectivity index is 2.86. The highest BCUT2D eigenvalue weighted by Gasteiger charge is 1.90. The SMILES string of the molecule is CN(C)CCCSCCC#N. The van der Waals surface area contributed by atoms with Crippen LogP contribution >= 0.6 is 11.8 Å². The Labute approximate surface area is 73.6 Å². The van der Waals surface area contributed by atoms with E-state index < -0.39 is 0 Å². The molecule has 0 aliphatic carbocycles. The number of nitriles is 1. The van der Waals surface area contributed by atoms with Gasteiger partial charge in [0.2, 0.25) is 0 Å². The normalized spacial score (nSPS) is 10.0. The Kier molecular flexibility index (Phi) is 7.76. The van der Waals surface area contributed by atoms with E-state index in [0.29, 0.717) is 6.42 Å². The molecule has 2 nitrogen and oxygen atoms in total. The molecule has 0 saturated carbocycles. The van der Waals surface area contributed by atoms with Gasteiger partial charge in [0.05, 0.1) is 6.07 Å². The lowest BCUT2D eigenvalue weighted by atomic mass is 10.5. The van der Waals surface area contributed by atoms with Crippen molar-refractivity contribution >= 4 is 11.8 Å². The molecular weight excluding hydrogens is 156 g/mol. The molecule has 0 radical (unpaired) electrons. The van der Waals surface area contributed by atoms with E-state index in [2.05, 4.69) is 25.1 Å². The summed E-state index contributed by atoms with van der Waals surface area (Å²) in [7, 11) is 4.17. The molecule has 0 amide bonds. The molecule has 0 aromatic carbocycles. The van der Waals surface area contributed by atoms with E-state index in [1.54, 1.807) is 0 Å². The molecule has 0 aliphatic rings. The van der Waals surface area contributed by atoms with Gasteiger partial charge in [-0.3, -0.25) is 0 Å². The van der Waals surface area contributed by atoms with Crippen molar-refractivity contribution in [1.29, 1.82) is 5.26 Å². The van der Waals surface area contributed by atoms with Gasteiger partial charge in [0, 0.05) is 12.2 Å². The zero-order chi connectivity index (χ0) is 8.53. The maximum atomic E-state index is 8.24. The standard InChI is InChI=1S/C8H16N2S/c1-10(2)6-4-8-11-7-3-5-9/h3-4,6-8H2,1-2H3. The molecule has 0 aromatic rings. The van der Waals surface area contributed by atoms with E-state index in [4.69, 9.17) is 5.26 Å². The van der Waals surface area contributed by atoms with Crippen LogP contribution in [0.4, 0.5) is 0 Å². The average Bonchev–Trinajstić information content (AvgIpc) is 1.96. The Morgan fingerprint density at radius 3 is 2.64 bits per heavy atom. The summed E-state index contributed by atoms with van der Waals surface area (Å²) in [6.07, 6.45) is 1.91. The molecule has 0 aliphatic heterocycles. The van der Waals surface area contributed by atoms with Gasteiger partial charge < -0.3 is 4.90 Å². The molecule has 3 heteroatoms. The Morgan fingerprint density at radius 2 is 2.09 bits per heavy atom. The first-order valence-corrected chi connectivity index (χ1v) is 5.02. The molecule has 11 heavy (non-hydrogen) atoms. The second-order valence-corrected chi connectivity index (χ2v) is 3.90. The zero-order valence-corrected chi connectivity index (χ0v) is 8.15. The zero-order valence-electron chi connectivity index (χ0n) is 7.34. The number of hydrogen-bond acceptors (Lipinski definition) is 3. The molecule has 0 unspecified atom stereocenters. The monoisotopic (exact) mass is 172 g/mol. The molecule has 0 bridgehead atoms. The van der Waals surface area contributed by atoms with Crippen LogP contribution in [0.3, 0.4) is 0 Å². The van der Waals surface area contributed by atoms with E-state index >= 15 is 0 Å². The minimum absolute atomic E-state index is 0.687. The number of nitrogens with zero attached hydrogens (tertiary/aromatic N) is 2. The van der Waals surface area contributed by atoms with Crippen LogP contribution in [0.5, 0.6) is 0 Å². The largest absolute Gasteiger partial charge is 0.309 e. The molecular formula is C8H16N2S. The first-order chi connectivity index (χ1) is 5.27. The van der Waals surface area contributed by atoms with Crippen LogP contribution in [0.25, 0.3) is 0 Å². The summed E-state index contributed by atoms with van der Waals surface area (Å²) in [5, 5.41) is 8.24. The van der Waals surface area contributed by atoms with Gasteiger partial charge in [-0.1, -0.05) is 0 Å². The van der Waals surface area contributed by atoms with Gasteiger partial charge in [-0.05, 0) is 32.8 Å². The molecule has 0 N–H and O–H groups in total. The highest BCUT2D eigenvalue weighted by molar-refractivity contribution is 7.99. The predicted octanol–water partition coefficient (Wildman–Crippen LogP) is 1.58. The number of rotatable bonds is 6. The van der Waals surface area contributed by atoms with Crippen LogP contribution in [-0.4, -0.2) is 37.0 Å². The van der Waals surface area contributed by atoms with Crippen molar-refractivity contribution in [2.45, 2.75) is 12.8 Å². The van der Waals surface area contributed by atoms with Gasteiger partial charge in [-0.25, -0.2) is 0 Å². The second-order valence-electron chi connectivity index (χ2n) is 2.68. The third-order valence-electron chi connectivity index (χ3n) is 1.25. The van der Waals surface area contributed by atoms with E-state index in [0.717, 1.165) is 12.3 Å². The third kappa shape index (κ3) is 9.80. The van der Waals surface area contributed by atoms with Gasteiger partial charge in [-0.15, -0.1) is 0 Å². The van der Waals surface area contributed by atoms with Gasteiger partial charge in [-0.2, -0.15) is 17.0 Å². The summed E-state index contributed by atoms with van der Waals surface area (Å²) in [6.45, 7) is 1.15. The number of thioether (sulfide) groups is 1. The third-order valence-corrected chi connectivity index (χ3v) is 2.32. The molecule has 0 saturated heterocycles. The fourth-order valence-corrected chi connectivity index (χ4v) is 1.48. The summed E-state index contributed by atoms with van der Waals surface area (Å²) < 4.78 is 0. The predicted molar refractivity (Wildman–Crippen MR) is 50.7 cm³/mol. The lowest BCUT2D eigenvalue weighted by molar-refractivity contribution is 0.410. The Morgan fingerprint density at radius 1 is 1.36 bits per heavy atom. The molecule has 0 fully saturated rings. The van der Waals surface area contributed by atoms with Gasteiger partial charge in [0.1, 0.15) is 0 Å². The van der Waals surface area contributed by atoms with E-state index in [9.17, 15) is 0 Å². The second kappa shape index (κ2) is 7.90. The quantitative estimate of drug-likeness (QED) is 0.569. The highest BCUT2D eigenvalue weighted by Crippen LogP contribution is 2.03. The topological polar surface area (TPSA) is 27.0 Å². The fourth-order valence-electron chi connectivity index (χ4n) is 0.703.